The first-order valence-electron chi connectivity index (χ1n) is 6.74. The Hall–Kier alpha value is -1.32. The Morgan fingerprint density at radius 3 is 2.38 bits per heavy atom. The molecule has 2 aromatic rings. The lowest BCUT2D eigenvalue weighted by atomic mass is 10.2. The molecule has 1 heterocycles. The number of hydrogen-bond donors (Lipinski definition) is 1. The van der Waals surface area contributed by atoms with Crippen LogP contribution in [0.4, 0.5) is 5.69 Å². The largest absolute Gasteiger partial charge is 0.266 e. The minimum Gasteiger partial charge on any atom is -0.266 e. The van der Waals surface area contributed by atoms with Crippen LogP contribution in [-0.4, -0.2) is 23.4 Å². The predicted molar refractivity (Wildman–Crippen MR) is 92.5 cm³/mol. The number of anilines is 1. The number of primary sulfonamides is 1. The van der Waals surface area contributed by atoms with Crippen LogP contribution < -0.4 is 9.44 Å². The molecule has 2 N–H and O–H groups in total. The predicted octanol–water partition coefficient (Wildman–Crippen LogP) is 2.39. The average Bonchev–Trinajstić information content (AvgIpc) is 2.92. The van der Waals surface area contributed by atoms with Gasteiger partial charge in [0, 0.05) is 11.6 Å². The molecule has 0 unspecified atom stereocenters. The summed E-state index contributed by atoms with van der Waals surface area (Å²) in [5, 5.41) is 5.42. The fourth-order valence-corrected chi connectivity index (χ4v) is 5.38. The van der Waals surface area contributed by atoms with Crippen LogP contribution in [0.5, 0.6) is 0 Å². The van der Waals surface area contributed by atoms with Gasteiger partial charge in [-0.25, -0.2) is 22.0 Å². The SMILES string of the molecule is NS(=O)(=O)c1ccc2c(c1)CCN2S(=O)(=O)c1cc(Cl)ccc1Cl. The molecule has 0 bridgehead atoms. The lowest BCUT2D eigenvalue weighted by molar-refractivity contribution is 0.592. The normalized spacial score (nSPS) is 14.7. The molecule has 0 saturated carbocycles. The molecule has 0 fully saturated rings. The number of halogens is 2. The van der Waals surface area contributed by atoms with E-state index in [1.165, 1.54) is 40.7 Å². The molecule has 0 atom stereocenters. The van der Waals surface area contributed by atoms with Crippen LogP contribution >= 0.6 is 23.2 Å². The van der Waals surface area contributed by atoms with Crippen molar-refractivity contribution in [3.05, 3.63) is 52.0 Å². The van der Waals surface area contributed by atoms with E-state index >= 15 is 0 Å². The summed E-state index contributed by atoms with van der Waals surface area (Å²) >= 11 is 11.9. The van der Waals surface area contributed by atoms with Gasteiger partial charge >= 0.3 is 0 Å². The maximum Gasteiger partial charge on any atom is 0.265 e. The van der Waals surface area contributed by atoms with Gasteiger partial charge in [0.2, 0.25) is 10.0 Å². The summed E-state index contributed by atoms with van der Waals surface area (Å²) in [5.74, 6) is 0. The van der Waals surface area contributed by atoms with Gasteiger partial charge in [0.05, 0.1) is 15.6 Å². The Balaban J connectivity index is 2.09. The second-order valence-electron chi connectivity index (χ2n) is 5.24. The van der Waals surface area contributed by atoms with Crippen molar-refractivity contribution in [2.45, 2.75) is 16.2 Å². The van der Waals surface area contributed by atoms with E-state index in [-0.39, 0.29) is 26.4 Å². The number of rotatable bonds is 3. The van der Waals surface area contributed by atoms with Crippen molar-refractivity contribution in [1.82, 2.24) is 0 Å². The summed E-state index contributed by atoms with van der Waals surface area (Å²) in [7, 11) is -7.77. The van der Waals surface area contributed by atoms with E-state index < -0.39 is 20.0 Å². The Morgan fingerprint density at radius 2 is 1.71 bits per heavy atom. The first-order chi connectivity index (χ1) is 11.1. The molecule has 0 aliphatic carbocycles. The monoisotopic (exact) mass is 406 g/mol. The Morgan fingerprint density at radius 1 is 1.00 bits per heavy atom. The quantitative estimate of drug-likeness (QED) is 0.845. The highest BCUT2D eigenvalue weighted by molar-refractivity contribution is 7.93. The lowest BCUT2D eigenvalue weighted by Crippen LogP contribution is -2.29. The van der Waals surface area contributed by atoms with Crippen molar-refractivity contribution < 1.29 is 16.8 Å². The first kappa shape index (κ1) is 17.5. The van der Waals surface area contributed by atoms with Gasteiger partial charge < -0.3 is 0 Å². The van der Waals surface area contributed by atoms with Gasteiger partial charge in [-0.15, -0.1) is 0 Å². The molecule has 1 aliphatic heterocycles. The highest BCUT2D eigenvalue weighted by atomic mass is 35.5. The molecule has 2 aromatic carbocycles. The Bertz CT molecular complexity index is 1040. The van der Waals surface area contributed by atoms with Gasteiger partial charge in [0.25, 0.3) is 10.0 Å². The van der Waals surface area contributed by atoms with Gasteiger partial charge in [-0.3, -0.25) is 4.31 Å². The molecule has 3 rings (SSSR count). The van der Waals surface area contributed by atoms with Crippen LogP contribution in [-0.2, 0) is 26.5 Å². The standard InChI is InChI=1S/C14H12Cl2N2O4S2/c15-10-1-3-12(16)14(8-10)24(21,22)18-6-5-9-7-11(23(17,19)20)2-4-13(9)18/h1-4,7-8H,5-6H2,(H2,17,19,20). The number of benzene rings is 2. The smallest absolute Gasteiger partial charge is 0.265 e. The molecule has 6 nitrogen and oxygen atoms in total. The minimum atomic E-state index is -3.92. The second-order valence-corrected chi connectivity index (χ2v) is 9.47. The van der Waals surface area contributed by atoms with E-state index in [1.807, 2.05) is 0 Å². The van der Waals surface area contributed by atoms with Crippen LogP contribution in [0.1, 0.15) is 5.56 Å². The molecular formula is C14H12Cl2N2O4S2. The summed E-state index contributed by atoms with van der Waals surface area (Å²) in [6, 6.07) is 8.30. The highest BCUT2D eigenvalue weighted by Gasteiger charge is 2.33. The van der Waals surface area contributed by atoms with Crippen molar-refractivity contribution in [3.63, 3.8) is 0 Å². The molecule has 0 amide bonds. The summed E-state index contributed by atoms with van der Waals surface area (Å²) < 4.78 is 49.8. The number of nitrogens with zero attached hydrogens (tertiary/aromatic N) is 1. The van der Waals surface area contributed by atoms with Gasteiger partial charge in [0.1, 0.15) is 4.90 Å². The average molecular weight is 407 g/mol. The summed E-state index contributed by atoms with van der Waals surface area (Å²) in [6.07, 6.45) is 0.371. The van der Waals surface area contributed by atoms with Gasteiger partial charge in [-0.1, -0.05) is 23.2 Å². The molecular weight excluding hydrogens is 395 g/mol. The fraction of sp³-hybridized carbons (Fsp3) is 0.143. The van der Waals surface area contributed by atoms with E-state index in [0.29, 0.717) is 17.7 Å². The Labute approximate surface area is 149 Å². The van der Waals surface area contributed by atoms with Crippen LogP contribution in [0.2, 0.25) is 10.0 Å². The number of hydrogen-bond acceptors (Lipinski definition) is 4. The molecule has 0 radical (unpaired) electrons. The van der Waals surface area contributed by atoms with Crippen LogP contribution in [0.25, 0.3) is 0 Å². The third-order valence-electron chi connectivity index (χ3n) is 3.69. The van der Waals surface area contributed by atoms with Gasteiger partial charge in [-0.05, 0) is 48.4 Å². The first-order valence-corrected chi connectivity index (χ1v) is 10.5. The van der Waals surface area contributed by atoms with E-state index in [1.54, 1.807) is 0 Å². The van der Waals surface area contributed by atoms with Crippen LogP contribution in [0, 0.1) is 0 Å². The van der Waals surface area contributed by atoms with E-state index in [0.717, 1.165) is 0 Å². The van der Waals surface area contributed by atoms with Gasteiger partial charge in [0.15, 0.2) is 0 Å². The molecule has 24 heavy (non-hydrogen) atoms. The molecule has 0 saturated heterocycles. The lowest BCUT2D eigenvalue weighted by Gasteiger charge is -2.20. The zero-order chi connectivity index (χ0) is 17.7. The minimum absolute atomic E-state index is 0.0544. The number of fused-ring (bicyclic) bond motifs is 1. The van der Waals surface area contributed by atoms with E-state index in [2.05, 4.69) is 0 Å². The third-order valence-corrected chi connectivity index (χ3v) is 7.13. The zero-order valence-corrected chi connectivity index (χ0v) is 15.3. The van der Waals surface area contributed by atoms with Crippen molar-refractivity contribution in [3.8, 4) is 0 Å². The third kappa shape index (κ3) is 3.00. The molecule has 128 valence electrons. The topological polar surface area (TPSA) is 97.5 Å². The van der Waals surface area contributed by atoms with Crippen molar-refractivity contribution in [1.29, 1.82) is 0 Å². The van der Waals surface area contributed by atoms with Crippen LogP contribution in [0.15, 0.2) is 46.2 Å². The maximum atomic E-state index is 12.9. The maximum absolute atomic E-state index is 12.9. The summed E-state index contributed by atoms with van der Waals surface area (Å²) in [6.45, 7) is 0.175. The zero-order valence-electron chi connectivity index (χ0n) is 12.1. The van der Waals surface area contributed by atoms with Crippen LogP contribution in [0.3, 0.4) is 0 Å². The number of nitrogens with two attached hydrogens (primary N) is 1. The molecule has 1 aliphatic rings. The highest BCUT2D eigenvalue weighted by Crippen LogP contribution is 2.36. The molecule has 0 spiro atoms. The van der Waals surface area contributed by atoms with Gasteiger partial charge in [-0.2, -0.15) is 0 Å². The van der Waals surface area contributed by atoms with E-state index in [9.17, 15) is 16.8 Å². The Kier molecular flexibility index (Phi) is 4.29. The summed E-state index contributed by atoms with van der Waals surface area (Å²) in [5.41, 5.74) is 0.988. The van der Waals surface area contributed by atoms with Crippen molar-refractivity contribution >= 4 is 48.9 Å². The van der Waals surface area contributed by atoms with Crippen molar-refractivity contribution in [2.75, 3.05) is 10.8 Å². The molecule has 10 heteroatoms. The fourth-order valence-electron chi connectivity index (χ4n) is 2.57. The molecule has 0 aromatic heterocycles. The van der Waals surface area contributed by atoms with Crippen molar-refractivity contribution in [2.24, 2.45) is 5.14 Å². The number of sulfonamides is 2. The summed E-state index contributed by atoms with van der Waals surface area (Å²) in [4.78, 5) is -0.152. The van der Waals surface area contributed by atoms with E-state index in [4.69, 9.17) is 28.3 Å². The second kappa shape index (κ2) is 5.89.